The molecule has 0 aromatic carbocycles. The summed E-state index contributed by atoms with van der Waals surface area (Å²) in [6.07, 6.45) is 3.36. The lowest BCUT2D eigenvalue weighted by Gasteiger charge is -2.28. The number of rotatable bonds is 7. The van der Waals surface area contributed by atoms with Crippen LogP contribution in [0.25, 0.3) is 0 Å². The van der Waals surface area contributed by atoms with E-state index in [-0.39, 0.29) is 0 Å². The predicted molar refractivity (Wildman–Crippen MR) is 79.4 cm³/mol. The second-order valence-electron chi connectivity index (χ2n) is 6.09. The molecule has 1 heterocycles. The third-order valence-corrected chi connectivity index (χ3v) is 4.84. The summed E-state index contributed by atoms with van der Waals surface area (Å²) < 4.78 is 5.53. The average molecular weight is 283 g/mol. The highest BCUT2D eigenvalue weighted by Gasteiger charge is 2.34. The summed E-state index contributed by atoms with van der Waals surface area (Å²) in [6, 6.07) is 4.60. The lowest BCUT2D eigenvalue weighted by molar-refractivity contribution is 0.0269. The maximum absolute atomic E-state index is 9.92. The molecular formula is C15H25NO2S. The predicted octanol–water partition coefficient (Wildman–Crippen LogP) is 2.79. The van der Waals surface area contributed by atoms with Gasteiger partial charge in [0.25, 0.3) is 0 Å². The van der Waals surface area contributed by atoms with Gasteiger partial charge in [0.1, 0.15) is 0 Å². The Balaban J connectivity index is 1.60. The van der Waals surface area contributed by atoms with Crippen molar-refractivity contribution in [2.45, 2.75) is 51.9 Å². The Hall–Kier alpha value is -0.420. The maximum atomic E-state index is 9.92. The van der Waals surface area contributed by atoms with Gasteiger partial charge in [-0.2, -0.15) is 0 Å². The van der Waals surface area contributed by atoms with E-state index in [9.17, 15) is 5.11 Å². The van der Waals surface area contributed by atoms with Crippen LogP contribution >= 0.6 is 11.3 Å². The minimum Gasteiger partial charge on any atom is -0.389 e. The van der Waals surface area contributed by atoms with Gasteiger partial charge in [0.15, 0.2) is 0 Å². The molecule has 0 bridgehead atoms. The number of aliphatic hydroxyl groups is 1. The number of thiophene rings is 1. The van der Waals surface area contributed by atoms with Gasteiger partial charge in [-0.25, -0.2) is 0 Å². The molecule has 1 aromatic heterocycles. The summed E-state index contributed by atoms with van der Waals surface area (Å²) in [4.78, 5) is 1.21. The number of hydrogen-bond donors (Lipinski definition) is 2. The van der Waals surface area contributed by atoms with Crippen molar-refractivity contribution in [3.05, 3.63) is 22.4 Å². The summed E-state index contributed by atoms with van der Waals surface area (Å²) in [7, 11) is 0. The van der Waals surface area contributed by atoms with E-state index in [1.807, 2.05) is 11.4 Å². The monoisotopic (exact) mass is 283 g/mol. The number of aliphatic hydroxyl groups excluding tert-OH is 1. The van der Waals surface area contributed by atoms with Crippen molar-refractivity contribution in [2.24, 2.45) is 5.41 Å². The van der Waals surface area contributed by atoms with Crippen molar-refractivity contribution in [3.63, 3.8) is 0 Å². The van der Waals surface area contributed by atoms with E-state index in [1.165, 1.54) is 24.1 Å². The summed E-state index contributed by atoms with van der Waals surface area (Å²) in [5, 5.41) is 15.5. The summed E-state index contributed by atoms with van der Waals surface area (Å²) in [5.74, 6) is 0. The van der Waals surface area contributed by atoms with Gasteiger partial charge in [-0.1, -0.05) is 26.3 Å². The van der Waals surface area contributed by atoms with Crippen LogP contribution in [0.15, 0.2) is 17.5 Å². The van der Waals surface area contributed by atoms with Crippen molar-refractivity contribution in [1.29, 1.82) is 0 Å². The third kappa shape index (κ3) is 4.56. The first-order chi connectivity index (χ1) is 9.08. The van der Waals surface area contributed by atoms with Gasteiger partial charge >= 0.3 is 0 Å². The SMILES string of the molecule is CC1(C)CCCC1NCC(O)COCc1cccs1. The van der Waals surface area contributed by atoms with Crippen molar-refractivity contribution in [2.75, 3.05) is 13.2 Å². The molecule has 2 unspecified atom stereocenters. The summed E-state index contributed by atoms with van der Waals surface area (Å²) >= 11 is 1.69. The highest BCUT2D eigenvalue weighted by molar-refractivity contribution is 7.09. The zero-order valence-corrected chi connectivity index (χ0v) is 12.7. The van der Waals surface area contributed by atoms with E-state index in [4.69, 9.17) is 4.74 Å². The van der Waals surface area contributed by atoms with E-state index in [0.29, 0.717) is 31.2 Å². The quantitative estimate of drug-likeness (QED) is 0.808. The molecule has 4 heteroatoms. The minimum atomic E-state index is -0.420. The van der Waals surface area contributed by atoms with Gasteiger partial charge in [-0.05, 0) is 29.7 Å². The molecular weight excluding hydrogens is 258 g/mol. The van der Waals surface area contributed by atoms with E-state index in [1.54, 1.807) is 11.3 Å². The zero-order valence-electron chi connectivity index (χ0n) is 11.9. The van der Waals surface area contributed by atoms with E-state index in [2.05, 4.69) is 25.2 Å². The average Bonchev–Trinajstić information content (AvgIpc) is 2.96. The normalized spacial score (nSPS) is 23.6. The topological polar surface area (TPSA) is 41.5 Å². The molecule has 2 rings (SSSR count). The van der Waals surface area contributed by atoms with Crippen LogP contribution in [0.2, 0.25) is 0 Å². The van der Waals surface area contributed by atoms with Crippen LogP contribution < -0.4 is 5.32 Å². The molecule has 1 aliphatic carbocycles. The van der Waals surface area contributed by atoms with Crippen LogP contribution in [-0.4, -0.2) is 30.4 Å². The second-order valence-corrected chi connectivity index (χ2v) is 7.12. The van der Waals surface area contributed by atoms with Gasteiger partial charge in [0.05, 0.1) is 19.3 Å². The first-order valence-electron chi connectivity index (χ1n) is 7.09. The molecule has 1 aliphatic rings. The van der Waals surface area contributed by atoms with E-state index in [0.717, 1.165) is 0 Å². The van der Waals surface area contributed by atoms with Crippen LogP contribution in [0.5, 0.6) is 0 Å². The Labute approximate surface area is 120 Å². The lowest BCUT2D eigenvalue weighted by atomic mass is 9.87. The molecule has 0 amide bonds. The molecule has 0 radical (unpaired) electrons. The van der Waals surface area contributed by atoms with Crippen LogP contribution in [0.1, 0.15) is 38.0 Å². The van der Waals surface area contributed by atoms with Gasteiger partial charge in [0, 0.05) is 17.5 Å². The van der Waals surface area contributed by atoms with Crippen LogP contribution in [0.3, 0.4) is 0 Å². The summed E-state index contributed by atoms with van der Waals surface area (Å²) in [5.41, 5.74) is 0.359. The van der Waals surface area contributed by atoms with Gasteiger partial charge in [-0.15, -0.1) is 11.3 Å². The van der Waals surface area contributed by atoms with Crippen molar-refractivity contribution >= 4 is 11.3 Å². The molecule has 108 valence electrons. The number of ether oxygens (including phenoxy) is 1. The second kappa shape index (κ2) is 6.84. The zero-order chi connectivity index (χ0) is 13.7. The smallest absolute Gasteiger partial charge is 0.0897 e. The van der Waals surface area contributed by atoms with Gasteiger partial charge < -0.3 is 15.2 Å². The number of nitrogens with one attached hydrogen (secondary N) is 1. The first kappa shape index (κ1) is 15.0. The van der Waals surface area contributed by atoms with Crippen molar-refractivity contribution in [1.82, 2.24) is 5.32 Å². The van der Waals surface area contributed by atoms with Crippen LogP contribution in [0, 0.1) is 5.41 Å². The van der Waals surface area contributed by atoms with Crippen molar-refractivity contribution in [3.8, 4) is 0 Å². The molecule has 1 fully saturated rings. The fourth-order valence-electron chi connectivity index (χ4n) is 2.73. The Morgan fingerprint density at radius 1 is 1.58 bits per heavy atom. The fourth-order valence-corrected chi connectivity index (χ4v) is 3.37. The maximum Gasteiger partial charge on any atom is 0.0897 e. The standard InChI is InChI=1S/C15H25NO2S/c1-15(2)7-3-6-14(15)16-9-12(17)10-18-11-13-5-4-8-19-13/h4-5,8,12,14,16-17H,3,6-7,9-11H2,1-2H3. The summed E-state index contributed by atoms with van der Waals surface area (Å²) in [6.45, 7) is 6.23. The molecule has 19 heavy (non-hydrogen) atoms. The molecule has 0 spiro atoms. The molecule has 0 saturated heterocycles. The molecule has 0 aliphatic heterocycles. The fraction of sp³-hybridized carbons (Fsp3) is 0.733. The Morgan fingerprint density at radius 2 is 2.42 bits per heavy atom. The highest BCUT2D eigenvalue weighted by atomic mass is 32.1. The minimum absolute atomic E-state index is 0.359. The molecule has 3 nitrogen and oxygen atoms in total. The molecule has 1 saturated carbocycles. The Bertz CT molecular complexity index is 364. The van der Waals surface area contributed by atoms with Crippen LogP contribution in [-0.2, 0) is 11.3 Å². The lowest BCUT2D eigenvalue weighted by Crippen LogP contribution is -2.42. The molecule has 1 aromatic rings. The molecule has 2 atom stereocenters. The van der Waals surface area contributed by atoms with E-state index < -0.39 is 6.10 Å². The first-order valence-corrected chi connectivity index (χ1v) is 7.97. The number of hydrogen-bond acceptors (Lipinski definition) is 4. The molecule has 2 N–H and O–H groups in total. The van der Waals surface area contributed by atoms with Crippen molar-refractivity contribution < 1.29 is 9.84 Å². The van der Waals surface area contributed by atoms with Crippen LogP contribution in [0.4, 0.5) is 0 Å². The highest BCUT2D eigenvalue weighted by Crippen LogP contribution is 2.37. The third-order valence-electron chi connectivity index (χ3n) is 3.99. The van der Waals surface area contributed by atoms with Gasteiger partial charge in [-0.3, -0.25) is 0 Å². The Kier molecular flexibility index (Phi) is 5.39. The van der Waals surface area contributed by atoms with E-state index >= 15 is 0 Å². The largest absolute Gasteiger partial charge is 0.389 e. The Morgan fingerprint density at radius 3 is 3.05 bits per heavy atom. The van der Waals surface area contributed by atoms with Gasteiger partial charge in [0.2, 0.25) is 0 Å².